The third-order valence-electron chi connectivity index (χ3n) is 11.7. The van der Waals surface area contributed by atoms with E-state index in [0.717, 1.165) is 38.2 Å². The standard InChI is InChI=1S/C42H41Cl2N3O3S2/c1-4-50-26-47-32-22-14-13-21-31(32)45-33(47)23-46-36-29-19-11-12-20-30(29)37(46)35-34(36)40(43)38(51-24-27-15-7-5-8-16-27)39(41(35,44)42(40,48-2)49-3)52-25-28-17-9-6-10-18-28/h5-22,34-37H,4,23-26H2,1-3H3/t34-,35+,36+,37-,40+,41-. The molecule has 0 amide bonds. The molecule has 268 valence electrons. The number of alkyl halides is 2. The Morgan fingerprint density at radius 2 is 1.19 bits per heavy atom. The van der Waals surface area contributed by atoms with Crippen molar-refractivity contribution < 1.29 is 14.2 Å². The lowest BCUT2D eigenvalue weighted by Crippen LogP contribution is -2.59. The van der Waals surface area contributed by atoms with E-state index in [4.69, 9.17) is 42.4 Å². The van der Waals surface area contributed by atoms with Crippen LogP contribution in [-0.2, 0) is 39.0 Å². The first-order chi connectivity index (χ1) is 25.4. The minimum atomic E-state index is -1.30. The van der Waals surface area contributed by atoms with Gasteiger partial charge in [0.1, 0.15) is 22.3 Å². The quantitative estimate of drug-likeness (QED) is 0.0873. The summed E-state index contributed by atoms with van der Waals surface area (Å²) >= 11 is 20.4. The van der Waals surface area contributed by atoms with Gasteiger partial charge < -0.3 is 18.8 Å². The number of fused-ring (bicyclic) bond motifs is 13. The highest BCUT2D eigenvalue weighted by molar-refractivity contribution is 8.06. The number of imidazole rings is 1. The van der Waals surface area contributed by atoms with Crippen molar-refractivity contribution in [3.05, 3.63) is 147 Å². The van der Waals surface area contributed by atoms with E-state index >= 15 is 0 Å². The van der Waals surface area contributed by atoms with Gasteiger partial charge in [0, 0.05) is 66.1 Å². The summed E-state index contributed by atoms with van der Waals surface area (Å²) < 4.78 is 21.4. The summed E-state index contributed by atoms with van der Waals surface area (Å²) in [5.41, 5.74) is 7.06. The molecule has 2 aliphatic carbocycles. The topological polar surface area (TPSA) is 48.8 Å². The van der Waals surface area contributed by atoms with Crippen molar-refractivity contribution in [3.63, 3.8) is 0 Å². The normalized spacial score (nSPS) is 28.2. The van der Waals surface area contributed by atoms with Crippen molar-refractivity contribution in [2.24, 2.45) is 11.8 Å². The van der Waals surface area contributed by atoms with Crippen molar-refractivity contribution in [3.8, 4) is 0 Å². The summed E-state index contributed by atoms with van der Waals surface area (Å²) in [6, 6.07) is 38.2. The summed E-state index contributed by atoms with van der Waals surface area (Å²) in [6.45, 7) is 3.70. The van der Waals surface area contributed by atoms with E-state index in [1.165, 1.54) is 22.3 Å². The average molecular weight is 771 g/mol. The molecule has 5 aromatic rings. The molecule has 1 aromatic heterocycles. The van der Waals surface area contributed by atoms with Gasteiger partial charge in [0.2, 0.25) is 5.79 Å². The lowest BCUT2D eigenvalue weighted by atomic mass is 9.70. The Balaban J connectivity index is 1.20. The molecule has 4 bridgehead atoms. The highest BCUT2D eigenvalue weighted by Gasteiger charge is 2.89. The molecule has 1 saturated heterocycles. The van der Waals surface area contributed by atoms with Gasteiger partial charge >= 0.3 is 0 Å². The van der Waals surface area contributed by atoms with Crippen LogP contribution in [0.1, 0.15) is 47.1 Å². The van der Waals surface area contributed by atoms with Gasteiger partial charge in [-0.2, -0.15) is 0 Å². The first-order valence-corrected chi connectivity index (χ1v) is 20.6. The Morgan fingerprint density at radius 3 is 1.71 bits per heavy atom. The van der Waals surface area contributed by atoms with Gasteiger partial charge in [-0.05, 0) is 41.3 Å². The molecule has 3 heterocycles. The van der Waals surface area contributed by atoms with Crippen molar-refractivity contribution in [2.75, 3.05) is 20.8 Å². The molecule has 6 atom stereocenters. The first-order valence-electron chi connectivity index (χ1n) is 17.9. The van der Waals surface area contributed by atoms with Gasteiger partial charge in [-0.1, -0.05) is 97.1 Å². The number of para-hydroxylation sites is 2. The van der Waals surface area contributed by atoms with Crippen LogP contribution in [0, 0.1) is 11.8 Å². The molecule has 0 unspecified atom stereocenters. The van der Waals surface area contributed by atoms with Crippen molar-refractivity contribution >= 4 is 57.8 Å². The second kappa shape index (κ2) is 13.5. The van der Waals surface area contributed by atoms with Gasteiger partial charge in [-0.3, -0.25) is 4.90 Å². The summed E-state index contributed by atoms with van der Waals surface area (Å²) in [7, 11) is 3.43. The fourth-order valence-electron chi connectivity index (χ4n) is 9.75. The molecular formula is C42H41Cl2N3O3S2. The predicted molar refractivity (Wildman–Crippen MR) is 212 cm³/mol. The van der Waals surface area contributed by atoms with Crippen molar-refractivity contribution in [1.82, 2.24) is 14.5 Å². The Morgan fingerprint density at radius 1 is 0.692 bits per heavy atom. The monoisotopic (exact) mass is 769 g/mol. The molecule has 0 N–H and O–H groups in total. The maximum Gasteiger partial charge on any atom is 0.217 e. The molecule has 2 aliphatic heterocycles. The number of thioether (sulfide) groups is 2. The largest absolute Gasteiger partial charge is 0.361 e. The number of aromatic nitrogens is 2. The van der Waals surface area contributed by atoms with E-state index in [-0.39, 0.29) is 23.9 Å². The Kier molecular flexibility index (Phi) is 9.07. The van der Waals surface area contributed by atoms with Crippen LogP contribution in [0.5, 0.6) is 0 Å². The molecule has 9 rings (SSSR count). The fraction of sp³-hybridized carbons (Fsp3) is 0.357. The lowest BCUT2D eigenvalue weighted by Gasteiger charge is -2.44. The highest BCUT2D eigenvalue weighted by atomic mass is 35.5. The Hall–Kier alpha value is -2.79. The molecule has 10 heteroatoms. The zero-order valence-corrected chi connectivity index (χ0v) is 32.5. The molecular weight excluding hydrogens is 730 g/mol. The smallest absolute Gasteiger partial charge is 0.217 e. The van der Waals surface area contributed by atoms with Crippen LogP contribution in [0.15, 0.2) is 119 Å². The first kappa shape index (κ1) is 34.9. The lowest BCUT2D eigenvalue weighted by molar-refractivity contribution is -0.224. The number of halogens is 2. The second-order valence-electron chi connectivity index (χ2n) is 14.0. The SMILES string of the molecule is CCOCn1c(CN2[C@@H]3c4ccccc4[C@H]2[C@H]2[C@@H]3[C@@]3(Cl)C(SCc4ccccc4)=C(SCc4ccccc4)[C@]2(Cl)C3(OC)OC)nc2ccccc21. The van der Waals surface area contributed by atoms with Crippen molar-refractivity contribution in [1.29, 1.82) is 0 Å². The van der Waals surface area contributed by atoms with Gasteiger partial charge in [0.15, 0.2) is 0 Å². The number of nitrogens with zero attached hydrogens (tertiary/aromatic N) is 3. The second-order valence-corrected chi connectivity index (χ2v) is 17.1. The van der Waals surface area contributed by atoms with Crippen LogP contribution in [0.25, 0.3) is 11.0 Å². The fourth-order valence-corrected chi connectivity index (χ4v) is 14.4. The average Bonchev–Trinajstić information content (AvgIpc) is 3.89. The molecule has 4 aromatic carbocycles. The number of hydrogen-bond donors (Lipinski definition) is 0. The summed E-state index contributed by atoms with van der Waals surface area (Å²) in [4.78, 5) is 7.79. The van der Waals surface area contributed by atoms with Crippen LogP contribution in [0.3, 0.4) is 0 Å². The molecule has 0 spiro atoms. The van der Waals surface area contributed by atoms with Gasteiger partial charge in [-0.25, -0.2) is 4.98 Å². The number of methoxy groups -OCH3 is 2. The summed E-state index contributed by atoms with van der Waals surface area (Å²) in [5.74, 6) is 0.967. The van der Waals surface area contributed by atoms with Gasteiger partial charge in [-0.15, -0.1) is 46.7 Å². The zero-order valence-electron chi connectivity index (χ0n) is 29.4. The van der Waals surface area contributed by atoms with E-state index < -0.39 is 15.5 Å². The summed E-state index contributed by atoms with van der Waals surface area (Å²) in [5, 5.41) is 0. The van der Waals surface area contributed by atoms with E-state index in [2.05, 4.69) is 113 Å². The van der Waals surface area contributed by atoms with E-state index in [1.807, 2.05) is 13.0 Å². The maximum atomic E-state index is 8.42. The van der Waals surface area contributed by atoms with E-state index in [9.17, 15) is 0 Å². The Bertz CT molecular complexity index is 2040. The maximum absolute atomic E-state index is 8.42. The van der Waals surface area contributed by atoms with Gasteiger partial charge in [0.25, 0.3) is 0 Å². The zero-order chi connectivity index (χ0) is 35.7. The Labute approximate surface area is 323 Å². The number of rotatable bonds is 13. The minimum absolute atomic E-state index is 0.0395. The number of hydrogen-bond acceptors (Lipinski definition) is 7. The van der Waals surface area contributed by atoms with Crippen LogP contribution >= 0.6 is 46.7 Å². The van der Waals surface area contributed by atoms with Gasteiger partial charge in [0.05, 0.1) is 17.6 Å². The van der Waals surface area contributed by atoms with E-state index in [1.54, 1.807) is 37.7 Å². The highest BCUT2D eigenvalue weighted by Crippen LogP contribution is 2.84. The van der Waals surface area contributed by atoms with Crippen LogP contribution in [0.4, 0.5) is 0 Å². The molecule has 4 aliphatic rings. The van der Waals surface area contributed by atoms with E-state index in [0.29, 0.717) is 19.9 Å². The third kappa shape index (κ3) is 4.78. The third-order valence-corrected chi connectivity index (χ3v) is 16.0. The van der Waals surface area contributed by atoms with Crippen LogP contribution in [-0.4, -0.2) is 50.8 Å². The van der Waals surface area contributed by atoms with Crippen molar-refractivity contribution in [2.45, 2.75) is 59.3 Å². The van der Waals surface area contributed by atoms with Crippen LogP contribution < -0.4 is 0 Å². The van der Waals surface area contributed by atoms with Crippen LogP contribution in [0.2, 0.25) is 0 Å². The molecule has 52 heavy (non-hydrogen) atoms. The minimum Gasteiger partial charge on any atom is -0.361 e. The molecule has 2 fully saturated rings. The molecule has 1 saturated carbocycles. The number of benzene rings is 4. The molecule has 0 radical (unpaired) electrons. The summed E-state index contributed by atoms with van der Waals surface area (Å²) in [6.07, 6.45) is 0. The number of ether oxygens (including phenoxy) is 3. The molecule has 6 nitrogen and oxygen atoms in total. The predicted octanol–water partition coefficient (Wildman–Crippen LogP) is 9.92.